The van der Waals surface area contributed by atoms with E-state index >= 15 is 0 Å². The number of para-hydroxylation sites is 1. The third kappa shape index (κ3) is 3.66. The number of hydrogen-bond acceptors (Lipinski definition) is 2. The summed E-state index contributed by atoms with van der Waals surface area (Å²) in [6.45, 7) is 0.886. The average Bonchev–Trinajstić information content (AvgIpc) is 2.17. The van der Waals surface area contributed by atoms with Gasteiger partial charge in [0.05, 0.1) is 6.61 Å². The number of hydrogen-bond donors (Lipinski definition) is 1. The van der Waals surface area contributed by atoms with Crippen molar-refractivity contribution >= 4 is 17.0 Å². The molecule has 1 aromatic rings. The fourth-order valence-electron chi connectivity index (χ4n) is 1.30. The van der Waals surface area contributed by atoms with Crippen LogP contribution < -0.4 is 4.74 Å². The van der Waals surface area contributed by atoms with Crippen LogP contribution >= 0.6 is 11.6 Å². The van der Waals surface area contributed by atoms with Crippen molar-refractivity contribution in [2.45, 2.75) is 12.8 Å². The van der Waals surface area contributed by atoms with Crippen LogP contribution in [0.5, 0.6) is 5.75 Å². The molecule has 0 unspecified atom stereocenters. The van der Waals surface area contributed by atoms with Gasteiger partial charge in [0.1, 0.15) is 5.75 Å². The highest BCUT2D eigenvalue weighted by atomic mass is 35.5. The molecule has 1 heterocycles. The lowest BCUT2D eigenvalue weighted by molar-refractivity contribution is 0.220. The van der Waals surface area contributed by atoms with Crippen LogP contribution in [0.3, 0.4) is 0 Å². The molecule has 0 radical (unpaired) electrons. The minimum Gasteiger partial charge on any atom is -0.493 e. The maximum atomic E-state index is 8.77. The second kappa shape index (κ2) is 5.50. The van der Waals surface area contributed by atoms with Crippen molar-refractivity contribution in [1.82, 2.24) is 0 Å². The first kappa shape index (κ1) is 10.9. The molecule has 0 bridgehead atoms. The summed E-state index contributed by atoms with van der Waals surface area (Å²) in [7, 11) is 0. The van der Waals surface area contributed by atoms with Crippen LogP contribution in [0.25, 0.3) is 0 Å². The SMILES string of the molecule is O=C(O)Cl.c1ccc2c(c1)CCCO2. The molecular weight excluding hydrogens is 204 g/mol. The van der Waals surface area contributed by atoms with E-state index in [1.54, 1.807) is 0 Å². The van der Waals surface area contributed by atoms with E-state index in [0.29, 0.717) is 0 Å². The minimum absolute atomic E-state index is 0.886. The molecule has 0 spiro atoms. The number of benzene rings is 1. The zero-order valence-corrected chi connectivity index (χ0v) is 8.33. The van der Waals surface area contributed by atoms with Gasteiger partial charge in [-0.1, -0.05) is 18.2 Å². The van der Waals surface area contributed by atoms with Crippen LogP contribution in [-0.2, 0) is 6.42 Å². The van der Waals surface area contributed by atoms with E-state index in [1.807, 2.05) is 12.1 Å². The van der Waals surface area contributed by atoms with Crippen LogP contribution in [0.1, 0.15) is 12.0 Å². The largest absolute Gasteiger partial charge is 0.493 e. The molecule has 3 nitrogen and oxygen atoms in total. The van der Waals surface area contributed by atoms with Gasteiger partial charge in [-0.05, 0) is 24.5 Å². The van der Waals surface area contributed by atoms with Gasteiger partial charge in [0, 0.05) is 11.6 Å². The summed E-state index contributed by atoms with van der Waals surface area (Å²) in [6.07, 6.45) is 2.34. The molecule has 1 N–H and O–H groups in total. The summed E-state index contributed by atoms with van der Waals surface area (Å²) in [5.74, 6) is 1.08. The summed E-state index contributed by atoms with van der Waals surface area (Å²) in [6, 6.07) is 8.25. The second-order valence-corrected chi connectivity index (χ2v) is 3.14. The molecule has 0 amide bonds. The first-order chi connectivity index (χ1) is 6.70. The smallest absolute Gasteiger partial charge is 0.401 e. The number of rotatable bonds is 0. The molecule has 2 rings (SSSR count). The molecular formula is C10H11ClO3. The van der Waals surface area contributed by atoms with E-state index in [-0.39, 0.29) is 0 Å². The molecule has 0 aromatic heterocycles. The quantitative estimate of drug-likeness (QED) is 0.676. The highest BCUT2D eigenvalue weighted by molar-refractivity contribution is 6.60. The van der Waals surface area contributed by atoms with E-state index in [0.717, 1.165) is 18.8 Å². The topological polar surface area (TPSA) is 46.5 Å². The fourth-order valence-corrected chi connectivity index (χ4v) is 1.30. The number of fused-ring (bicyclic) bond motifs is 1. The first-order valence-corrected chi connectivity index (χ1v) is 4.67. The van der Waals surface area contributed by atoms with Crippen molar-refractivity contribution in [2.75, 3.05) is 6.61 Å². The van der Waals surface area contributed by atoms with Crippen molar-refractivity contribution < 1.29 is 14.6 Å². The van der Waals surface area contributed by atoms with E-state index in [1.165, 1.54) is 12.0 Å². The Morgan fingerprint density at radius 2 is 2.07 bits per heavy atom. The van der Waals surface area contributed by atoms with Crippen LogP contribution in [-0.4, -0.2) is 17.1 Å². The van der Waals surface area contributed by atoms with Crippen LogP contribution in [0, 0.1) is 0 Å². The van der Waals surface area contributed by atoms with E-state index in [9.17, 15) is 0 Å². The number of aryl methyl sites for hydroxylation is 1. The number of carboxylic acid groups (broad SMARTS) is 1. The van der Waals surface area contributed by atoms with E-state index < -0.39 is 5.43 Å². The Hall–Kier alpha value is -1.22. The van der Waals surface area contributed by atoms with E-state index in [4.69, 9.17) is 14.6 Å². The van der Waals surface area contributed by atoms with Crippen molar-refractivity contribution in [3.05, 3.63) is 29.8 Å². The highest BCUT2D eigenvalue weighted by Gasteiger charge is 2.06. The third-order valence-electron chi connectivity index (χ3n) is 1.82. The molecule has 0 saturated carbocycles. The predicted octanol–water partition coefficient (Wildman–Crippen LogP) is 2.91. The molecule has 1 aliphatic rings. The Morgan fingerprint density at radius 1 is 1.43 bits per heavy atom. The van der Waals surface area contributed by atoms with Crippen LogP contribution in [0.4, 0.5) is 4.79 Å². The maximum Gasteiger partial charge on any atom is 0.401 e. The summed E-state index contributed by atoms with van der Waals surface area (Å²) >= 11 is 4.19. The first-order valence-electron chi connectivity index (χ1n) is 4.29. The maximum absolute atomic E-state index is 8.77. The Kier molecular flexibility index (Phi) is 4.26. The zero-order chi connectivity index (χ0) is 10.4. The van der Waals surface area contributed by atoms with Crippen LogP contribution in [0.2, 0.25) is 0 Å². The Morgan fingerprint density at radius 3 is 2.71 bits per heavy atom. The molecule has 0 fully saturated rings. The van der Waals surface area contributed by atoms with Crippen molar-refractivity contribution in [3.63, 3.8) is 0 Å². The van der Waals surface area contributed by atoms with Gasteiger partial charge in [-0.15, -0.1) is 0 Å². The summed E-state index contributed by atoms with van der Waals surface area (Å²) in [5, 5.41) is 7.18. The van der Waals surface area contributed by atoms with Gasteiger partial charge in [0.15, 0.2) is 0 Å². The van der Waals surface area contributed by atoms with E-state index in [2.05, 4.69) is 23.7 Å². The van der Waals surface area contributed by atoms with Crippen molar-refractivity contribution in [3.8, 4) is 5.75 Å². The predicted molar refractivity (Wildman–Crippen MR) is 54.1 cm³/mol. The Bertz CT molecular complexity index is 283. The average molecular weight is 215 g/mol. The van der Waals surface area contributed by atoms with Crippen molar-refractivity contribution in [2.24, 2.45) is 0 Å². The Labute approximate surface area is 87.3 Å². The molecule has 14 heavy (non-hydrogen) atoms. The standard InChI is InChI=1S/C9H10O.CHClO2/c1-2-6-9-8(4-1)5-3-7-10-9;2-1(3)4/h1-2,4,6H,3,5,7H2;(H,3,4). The molecule has 4 heteroatoms. The van der Waals surface area contributed by atoms with Gasteiger partial charge in [0.2, 0.25) is 0 Å². The lowest BCUT2D eigenvalue weighted by atomic mass is 10.1. The molecule has 1 aromatic carbocycles. The lowest BCUT2D eigenvalue weighted by Gasteiger charge is -2.15. The molecule has 1 aliphatic heterocycles. The van der Waals surface area contributed by atoms with Gasteiger partial charge < -0.3 is 9.84 Å². The summed E-state index contributed by atoms with van der Waals surface area (Å²) < 4.78 is 5.42. The van der Waals surface area contributed by atoms with Gasteiger partial charge in [0.25, 0.3) is 0 Å². The number of ether oxygens (including phenoxy) is 1. The van der Waals surface area contributed by atoms with Crippen LogP contribution in [0.15, 0.2) is 24.3 Å². The minimum atomic E-state index is -1.36. The number of halogens is 1. The molecule has 0 saturated heterocycles. The molecule has 76 valence electrons. The molecule has 0 aliphatic carbocycles. The number of carbonyl (C=O) groups is 1. The monoisotopic (exact) mass is 214 g/mol. The summed E-state index contributed by atoms with van der Waals surface area (Å²) in [4.78, 5) is 8.77. The van der Waals surface area contributed by atoms with Crippen molar-refractivity contribution in [1.29, 1.82) is 0 Å². The molecule has 0 atom stereocenters. The normalized spacial score (nSPS) is 12.9. The summed E-state index contributed by atoms with van der Waals surface area (Å²) in [5.41, 5.74) is -0.00579. The Balaban J connectivity index is 0.000000213. The van der Waals surface area contributed by atoms with Gasteiger partial charge in [-0.2, -0.15) is 0 Å². The lowest BCUT2D eigenvalue weighted by Crippen LogP contribution is -2.07. The van der Waals surface area contributed by atoms with Gasteiger partial charge in [-0.25, -0.2) is 4.79 Å². The fraction of sp³-hybridized carbons (Fsp3) is 0.300. The third-order valence-corrected chi connectivity index (χ3v) is 1.82. The van der Waals surface area contributed by atoms with Gasteiger partial charge >= 0.3 is 5.43 Å². The second-order valence-electron chi connectivity index (χ2n) is 2.81. The zero-order valence-electron chi connectivity index (χ0n) is 7.57. The van der Waals surface area contributed by atoms with Gasteiger partial charge in [-0.3, -0.25) is 0 Å². The highest BCUT2D eigenvalue weighted by Crippen LogP contribution is 2.22.